The highest BCUT2D eigenvalue weighted by molar-refractivity contribution is 5.77. The fourth-order valence-electron chi connectivity index (χ4n) is 0.872. The molecule has 0 unspecified atom stereocenters. The van der Waals surface area contributed by atoms with Gasteiger partial charge in [-0.05, 0) is 17.7 Å². The number of nitrogen functional groups attached to an aromatic ring is 1. The lowest BCUT2D eigenvalue weighted by atomic mass is 10.1. The van der Waals surface area contributed by atoms with E-state index >= 15 is 0 Å². The Kier molecular flexibility index (Phi) is 2.66. The fourth-order valence-corrected chi connectivity index (χ4v) is 0.872. The largest absolute Gasteiger partial charge is 0.399 e. The summed E-state index contributed by atoms with van der Waals surface area (Å²) in [5, 5.41) is 0. The smallest absolute Gasteiger partial charge is 0.238 e. The van der Waals surface area contributed by atoms with Crippen LogP contribution in [0.15, 0.2) is 24.3 Å². The molecule has 0 saturated carbocycles. The van der Waals surface area contributed by atoms with Crippen molar-refractivity contribution in [3.05, 3.63) is 29.8 Å². The molecule has 0 fully saturated rings. The molecule has 0 saturated heterocycles. The number of amides is 1. The maximum atomic E-state index is 10.8. The van der Waals surface area contributed by atoms with E-state index in [1.54, 1.807) is 24.3 Å². The van der Waals surface area contributed by atoms with E-state index in [0.29, 0.717) is 5.69 Å². The Hall–Kier alpha value is -1.55. The van der Waals surface area contributed by atoms with Crippen LogP contribution >= 0.6 is 0 Å². The van der Waals surface area contributed by atoms with Gasteiger partial charge in [0.2, 0.25) is 5.91 Å². The third kappa shape index (κ3) is 2.25. The topological polar surface area (TPSA) is 81.1 Å². The summed E-state index contributed by atoms with van der Waals surface area (Å²) in [7, 11) is 0. The van der Waals surface area contributed by atoms with Gasteiger partial charge in [0.05, 0.1) is 6.42 Å². The van der Waals surface area contributed by atoms with Crippen LogP contribution < -0.4 is 17.0 Å². The molecule has 4 heteroatoms. The molecule has 0 aromatic heterocycles. The normalized spacial score (nSPS) is 9.42. The van der Waals surface area contributed by atoms with Crippen LogP contribution in [0.3, 0.4) is 0 Å². The molecule has 64 valence electrons. The van der Waals surface area contributed by atoms with Gasteiger partial charge in [0.15, 0.2) is 0 Å². The van der Waals surface area contributed by atoms with Gasteiger partial charge in [-0.15, -0.1) is 0 Å². The van der Waals surface area contributed by atoms with Gasteiger partial charge in [0, 0.05) is 5.69 Å². The first-order valence-corrected chi connectivity index (χ1v) is 3.56. The van der Waals surface area contributed by atoms with Crippen molar-refractivity contribution in [3.8, 4) is 0 Å². The van der Waals surface area contributed by atoms with Crippen LogP contribution in [0.2, 0.25) is 0 Å². The van der Waals surface area contributed by atoms with Crippen molar-refractivity contribution in [2.45, 2.75) is 6.42 Å². The second-order valence-electron chi connectivity index (χ2n) is 2.49. The van der Waals surface area contributed by atoms with Crippen molar-refractivity contribution in [1.82, 2.24) is 5.43 Å². The maximum absolute atomic E-state index is 10.8. The van der Waals surface area contributed by atoms with E-state index in [0.717, 1.165) is 5.56 Å². The summed E-state index contributed by atoms with van der Waals surface area (Å²) in [4.78, 5) is 10.8. The average molecular weight is 165 g/mol. The number of hydrogen-bond donors (Lipinski definition) is 3. The molecule has 0 bridgehead atoms. The molecule has 0 aliphatic rings. The SMILES string of the molecule is NNC(=O)Cc1ccc(N)cc1. The third-order valence-electron chi connectivity index (χ3n) is 1.51. The number of hydrogen-bond acceptors (Lipinski definition) is 3. The summed E-state index contributed by atoms with van der Waals surface area (Å²) in [6.07, 6.45) is 0.288. The fraction of sp³-hybridized carbons (Fsp3) is 0.125. The maximum Gasteiger partial charge on any atom is 0.238 e. The van der Waals surface area contributed by atoms with Crippen LogP contribution in [0.1, 0.15) is 5.56 Å². The van der Waals surface area contributed by atoms with Crippen LogP contribution in [-0.2, 0) is 11.2 Å². The van der Waals surface area contributed by atoms with Gasteiger partial charge in [-0.25, -0.2) is 5.84 Å². The van der Waals surface area contributed by atoms with Crippen molar-refractivity contribution in [2.24, 2.45) is 5.84 Å². The summed E-state index contributed by atoms with van der Waals surface area (Å²) < 4.78 is 0. The molecular formula is C8H11N3O. The summed E-state index contributed by atoms with van der Waals surface area (Å²) >= 11 is 0. The summed E-state index contributed by atoms with van der Waals surface area (Å²) in [6.45, 7) is 0. The molecule has 0 spiro atoms. The van der Waals surface area contributed by atoms with E-state index < -0.39 is 0 Å². The Morgan fingerprint density at radius 1 is 1.33 bits per heavy atom. The standard InChI is InChI=1S/C8H11N3O/c9-7-3-1-6(2-4-7)5-8(12)11-10/h1-4H,5,9-10H2,(H,11,12). The lowest BCUT2D eigenvalue weighted by molar-refractivity contribution is -0.120. The first-order valence-electron chi connectivity index (χ1n) is 3.56. The Morgan fingerprint density at radius 3 is 2.42 bits per heavy atom. The number of anilines is 1. The predicted octanol–water partition coefficient (Wildman–Crippen LogP) is -0.199. The zero-order valence-corrected chi connectivity index (χ0v) is 6.58. The zero-order chi connectivity index (χ0) is 8.97. The highest BCUT2D eigenvalue weighted by Gasteiger charge is 1.99. The average Bonchev–Trinajstić information content (AvgIpc) is 2.09. The Balaban J connectivity index is 2.64. The third-order valence-corrected chi connectivity index (χ3v) is 1.51. The van der Waals surface area contributed by atoms with Gasteiger partial charge >= 0.3 is 0 Å². The predicted molar refractivity (Wildman–Crippen MR) is 46.9 cm³/mol. The van der Waals surface area contributed by atoms with Gasteiger partial charge in [0.25, 0.3) is 0 Å². The number of rotatable bonds is 2. The minimum atomic E-state index is -0.209. The number of benzene rings is 1. The number of carbonyl (C=O) groups is 1. The number of nitrogens with one attached hydrogen (secondary N) is 1. The van der Waals surface area contributed by atoms with Crippen LogP contribution in [0.5, 0.6) is 0 Å². The van der Waals surface area contributed by atoms with Crippen molar-refractivity contribution in [2.75, 3.05) is 5.73 Å². The summed E-state index contributed by atoms with van der Waals surface area (Å²) in [5.41, 5.74) is 9.11. The van der Waals surface area contributed by atoms with Gasteiger partial charge < -0.3 is 5.73 Å². The monoisotopic (exact) mass is 165 g/mol. The van der Waals surface area contributed by atoms with E-state index in [9.17, 15) is 4.79 Å². The Morgan fingerprint density at radius 2 is 1.92 bits per heavy atom. The van der Waals surface area contributed by atoms with E-state index in [-0.39, 0.29) is 12.3 Å². The van der Waals surface area contributed by atoms with E-state index in [1.165, 1.54) is 0 Å². The van der Waals surface area contributed by atoms with Crippen LogP contribution in [0, 0.1) is 0 Å². The molecule has 1 aromatic rings. The van der Waals surface area contributed by atoms with Crippen molar-refractivity contribution >= 4 is 11.6 Å². The molecule has 1 amide bonds. The van der Waals surface area contributed by atoms with Crippen LogP contribution in [0.4, 0.5) is 5.69 Å². The molecule has 0 heterocycles. The number of nitrogens with two attached hydrogens (primary N) is 2. The molecule has 0 atom stereocenters. The molecule has 0 radical (unpaired) electrons. The Bertz CT molecular complexity index is 268. The summed E-state index contributed by atoms with van der Waals surface area (Å²) in [6, 6.07) is 7.09. The number of hydrazine groups is 1. The molecule has 1 aromatic carbocycles. The van der Waals surface area contributed by atoms with Crippen molar-refractivity contribution < 1.29 is 4.79 Å². The lowest BCUT2D eigenvalue weighted by Crippen LogP contribution is -2.31. The highest BCUT2D eigenvalue weighted by Crippen LogP contribution is 2.05. The van der Waals surface area contributed by atoms with Gasteiger partial charge in [0.1, 0.15) is 0 Å². The zero-order valence-electron chi connectivity index (χ0n) is 6.58. The summed E-state index contributed by atoms with van der Waals surface area (Å²) in [5.74, 6) is 4.72. The molecular weight excluding hydrogens is 154 g/mol. The minimum Gasteiger partial charge on any atom is -0.399 e. The molecule has 0 aliphatic heterocycles. The van der Waals surface area contributed by atoms with E-state index in [1.807, 2.05) is 0 Å². The first-order chi connectivity index (χ1) is 5.72. The van der Waals surface area contributed by atoms with Gasteiger partial charge in [-0.1, -0.05) is 12.1 Å². The lowest BCUT2D eigenvalue weighted by Gasteiger charge is -1.99. The molecule has 5 N–H and O–H groups in total. The minimum absolute atomic E-state index is 0.209. The second kappa shape index (κ2) is 3.73. The quantitative estimate of drug-likeness (QED) is 0.246. The van der Waals surface area contributed by atoms with Gasteiger partial charge in [-0.2, -0.15) is 0 Å². The van der Waals surface area contributed by atoms with Gasteiger partial charge in [-0.3, -0.25) is 10.2 Å². The van der Waals surface area contributed by atoms with Crippen LogP contribution in [-0.4, -0.2) is 5.91 Å². The molecule has 12 heavy (non-hydrogen) atoms. The van der Waals surface area contributed by atoms with Crippen LogP contribution in [0.25, 0.3) is 0 Å². The van der Waals surface area contributed by atoms with Crippen molar-refractivity contribution in [3.63, 3.8) is 0 Å². The molecule has 4 nitrogen and oxygen atoms in total. The second-order valence-corrected chi connectivity index (χ2v) is 2.49. The highest BCUT2D eigenvalue weighted by atomic mass is 16.2. The van der Waals surface area contributed by atoms with E-state index in [2.05, 4.69) is 5.43 Å². The van der Waals surface area contributed by atoms with E-state index in [4.69, 9.17) is 11.6 Å². The Labute approximate surface area is 70.5 Å². The molecule has 0 aliphatic carbocycles. The number of carbonyl (C=O) groups excluding carboxylic acids is 1. The van der Waals surface area contributed by atoms with Crippen molar-refractivity contribution in [1.29, 1.82) is 0 Å². The first kappa shape index (κ1) is 8.55. The molecule has 1 rings (SSSR count).